The molecule has 3 rings (SSSR count). The molecule has 0 radical (unpaired) electrons. The van der Waals surface area contributed by atoms with Crippen molar-refractivity contribution in [2.24, 2.45) is 0 Å². The van der Waals surface area contributed by atoms with E-state index in [1.165, 1.54) is 6.33 Å². The van der Waals surface area contributed by atoms with Gasteiger partial charge in [0.25, 0.3) is 11.8 Å². The Morgan fingerprint density at radius 2 is 2.05 bits per heavy atom. The van der Waals surface area contributed by atoms with E-state index in [-0.39, 0.29) is 23.9 Å². The first-order chi connectivity index (χ1) is 10.1. The smallest absolute Gasteiger partial charge is 0.264 e. The average Bonchev–Trinajstić information content (AvgIpc) is 2.99. The molecule has 0 spiro atoms. The topological polar surface area (TPSA) is 94.1 Å². The van der Waals surface area contributed by atoms with Crippen molar-refractivity contribution in [2.75, 3.05) is 5.73 Å². The fraction of sp³-hybridized carbons (Fsp3) is 0.286. The third-order valence-electron chi connectivity index (χ3n) is 3.46. The number of carbonyl (C=O) groups is 2. The highest BCUT2D eigenvalue weighted by Crippen LogP contribution is 2.28. The molecule has 1 aromatic heterocycles. The molecule has 0 saturated heterocycles. The summed E-state index contributed by atoms with van der Waals surface area (Å²) in [6, 6.07) is 4.90. The zero-order valence-electron chi connectivity index (χ0n) is 11.6. The van der Waals surface area contributed by atoms with Gasteiger partial charge in [0.15, 0.2) is 0 Å². The van der Waals surface area contributed by atoms with Gasteiger partial charge in [-0.2, -0.15) is 5.10 Å². The largest absolute Gasteiger partial charge is 0.398 e. The van der Waals surface area contributed by atoms with Crippen LogP contribution in [0.1, 0.15) is 39.9 Å². The molecule has 21 heavy (non-hydrogen) atoms. The highest BCUT2D eigenvalue weighted by Gasteiger charge is 2.37. The van der Waals surface area contributed by atoms with Crippen molar-refractivity contribution in [1.29, 1.82) is 0 Å². The SMILES string of the molecule is CCCn1ncnc1CN1C(=O)c2cccc(N)c2C1=O. The second-order valence-electron chi connectivity index (χ2n) is 4.87. The minimum atomic E-state index is -0.376. The zero-order chi connectivity index (χ0) is 15.0. The number of benzene rings is 1. The number of anilines is 1. The predicted molar refractivity (Wildman–Crippen MR) is 75.4 cm³/mol. The maximum absolute atomic E-state index is 12.4. The first-order valence-corrected chi connectivity index (χ1v) is 6.74. The average molecular weight is 285 g/mol. The molecule has 0 saturated carbocycles. The first-order valence-electron chi connectivity index (χ1n) is 6.74. The van der Waals surface area contributed by atoms with Crippen LogP contribution in [0.5, 0.6) is 0 Å². The van der Waals surface area contributed by atoms with E-state index in [9.17, 15) is 9.59 Å². The first kappa shape index (κ1) is 13.3. The lowest BCUT2D eigenvalue weighted by Gasteiger charge is -2.13. The molecule has 7 heteroatoms. The summed E-state index contributed by atoms with van der Waals surface area (Å²) >= 11 is 0. The lowest BCUT2D eigenvalue weighted by atomic mass is 10.1. The molecule has 0 aliphatic carbocycles. The van der Waals surface area contributed by atoms with E-state index in [4.69, 9.17) is 5.73 Å². The van der Waals surface area contributed by atoms with Crippen LogP contribution in [0.4, 0.5) is 5.69 Å². The number of imide groups is 1. The number of aromatic nitrogens is 3. The van der Waals surface area contributed by atoms with Gasteiger partial charge < -0.3 is 5.73 Å². The molecule has 108 valence electrons. The van der Waals surface area contributed by atoms with Crippen LogP contribution in [0.3, 0.4) is 0 Å². The van der Waals surface area contributed by atoms with Gasteiger partial charge in [0.2, 0.25) is 0 Å². The van der Waals surface area contributed by atoms with Gasteiger partial charge in [-0.15, -0.1) is 0 Å². The third-order valence-corrected chi connectivity index (χ3v) is 3.46. The Labute approximate surface area is 121 Å². The molecule has 2 aromatic rings. The summed E-state index contributed by atoms with van der Waals surface area (Å²) in [6.45, 7) is 2.82. The third kappa shape index (κ3) is 2.06. The van der Waals surface area contributed by atoms with Crippen molar-refractivity contribution in [3.63, 3.8) is 0 Å². The molecular formula is C14H15N5O2. The van der Waals surface area contributed by atoms with Crippen LogP contribution in [0.25, 0.3) is 0 Å². The molecule has 0 atom stereocenters. The van der Waals surface area contributed by atoms with Crippen LogP contribution >= 0.6 is 0 Å². The molecule has 0 unspecified atom stereocenters. The molecular weight excluding hydrogens is 270 g/mol. The van der Waals surface area contributed by atoms with Gasteiger partial charge >= 0.3 is 0 Å². The number of nitrogen functional groups attached to an aromatic ring is 1. The Hall–Kier alpha value is -2.70. The second-order valence-corrected chi connectivity index (χ2v) is 4.87. The van der Waals surface area contributed by atoms with Crippen LogP contribution in [-0.4, -0.2) is 31.5 Å². The molecule has 2 N–H and O–H groups in total. The van der Waals surface area contributed by atoms with Gasteiger partial charge in [-0.3, -0.25) is 14.5 Å². The number of nitrogens with two attached hydrogens (primary N) is 1. The Kier molecular flexibility index (Phi) is 3.17. The highest BCUT2D eigenvalue weighted by molar-refractivity contribution is 6.23. The van der Waals surface area contributed by atoms with Crippen molar-refractivity contribution >= 4 is 17.5 Å². The number of hydrogen-bond acceptors (Lipinski definition) is 5. The number of hydrogen-bond donors (Lipinski definition) is 1. The molecule has 1 aromatic carbocycles. The fourth-order valence-corrected chi connectivity index (χ4v) is 2.45. The maximum Gasteiger partial charge on any atom is 0.264 e. The Morgan fingerprint density at radius 1 is 1.24 bits per heavy atom. The van der Waals surface area contributed by atoms with E-state index in [1.807, 2.05) is 6.92 Å². The minimum Gasteiger partial charge on any atom is -0.398 e. The van der Waals surface area contributed by atoms with Crippen molar-refractivity contribution in [2.45, 2.75) is 26.4 Å². The molecule has 0 bridgehead atoms. The Morgan fingerprint density at radius 3 is 2.76 bits per heavy atom. The van der Waals surface area contributed by atoms with Gasteiger partial charge in [-0.1, -0.05) is 13.0 Å². The Bertz CT molecular complexity index is 722. The zero-order valence-corrected chi connectivity index (χ0v) is 11.6. The number of rotatable bonds is 4. The quantitative estimate of drug-likeness (QED) is 0.669. The van der Waals surface area contributed by atoms with Gasteiger partial charge in [0.05, 0.1) is 17.7 Å². The molecule has 7 nitrogen and oxygen atoms in total. The van der Waals surface area contributed by atoms with E-state index in [0.717, 1.165) is 11.3 Å². The van der Waals surface area contributed by atoms with Crippen LogP contribution in [0.15, 0.2) is 24.5 Å². The van der Waals surface area contributed by atoms with Gasteiger partial charge in [-0.25, -0.2) is 9.67 Å². The Balaban J connectivity index is 1.92. The molecule has 0 fully saturated rings. The number of amides is 2. The normalized spacial score (nSPS) is 13.9. The number of carbonyl (C=O) groups excluding carboxylic acids is 2. The summed E-state index contributed by atoms with van der Waals surface area (Å²) in [7, 11) is 0. The van der Waals surface area contributed by atoms with Gasteiger partial charge in [0, 0.05) is 12.2 Å². The van der Waals surface area contributed by atoms with Crippen LogP contribution in [-0.2, 0) is 13.1 Å². The van der Waals surface area contributed by atoms with Crippen molar-refractivity contribution < 1.29 is 9.59 Å². The van der Waals surface area contributed by atoms with Crippen molar-refractivity contribution in [3.8, 4) is 0 Å². The van der Waals surface area contributed by atoms with E-state index < -0.39 is 0 Å². The molecule has 2 heterocycles. The summed E-state index contributed by atoms with van der Waals surface area (Å²) < 4.78 is 1.70. The van der Waals surface area contributed by atoms with Crippen LogP contribution in [0.2, 0.25) is 0 Å². The fourth-order valence-electron chi connectivity index (χ4n) is 2.45. The van der Waals surface area contributed by atoms with Crippen molar-refractivity contribution in [1.82, 2.24) is 19.7 Å². The highest BCUT2D eigenvalue weighted by atomic mass is 16.2. The maximum atomic E-state index is 12.4. The van der Waals surface area contributed by atoms with E-state index >= 15 is 0 Å². The number of aryl methyl sites for hydroxylation is 1. The van der Waals surface area contributed by atoms with E-state index in [0.29, 0.717) is 23.6 Å². The lowest BCUT2D eigenvalue weighted by Crippen LogP contribution is -2.30. The second kappa shape index (κ2) is 5.01. The van der Waals surface area contributed by atoms with Gasteiger partial charge in [-0.05, 0) is 18.6 Å². The van der Waals surface area contributed by atoms with Gasteiger partial charge in [0.1, 0.15) is 12.2 Å². The van der Waals surface area contributed by atoms with Crippen molar-refractivity contribution in [3.05, 3.63) is 41.5 Å². The van der Waals surface area contributed by atoms with E-state index in [2.05, 4.69) is 10.1 Å². The predicted octanol–water partition coefficient (Wildman–Crippen LogP) is 1.07. The standard InChI is InChI=1S/C14H15N5O2/c1-2-6-19-11(16-8-17-19)7-18-13(20)9-4-3-5-10(15)12(9)14(18)21/h3-5,8H,2,6-7,15H2,1H3. The summed E-state index contributed by atoms with van der Waals surface area (Å²) in [5, 5.41) is 4.10. The van der Waals surface area contributed by atoms with Crippen LogP contribution in [0, 0.1) is 0 Å². The molecule has 2 amide bonds. The summed E-state index contributed by atoms with van der Waals surface area (Å²) in [5.41, 5.74) is 6.76. The minimum absolute atomic E-state index is 0.103. The molecule has 1 aliphatic rings. The number of fused-ring (bicyclic) bond motifs is 1. The summed E-state index contributed by atoms with van der Waals surface area (Å²) in [5.74, 6) is -0.127. The number of nitrogens with zero attached hydrogens (tertiary/aromatic N) is 4. The monoisotopic (exact) mass is 285 g/mol. The summed E-state index contributed by atoms with van der Waals surface area (Å²) in [6.07, 6.45) is 2.32. The molecule has 1 aliphatic heterocycles. The lowest BCUT2D eigenvalue weighted by molar-refractivity contribution is 0.0636. The summed E-state index contributed by atoms with van der Waals surface area (Å²) in [4.78, 5) is 30.0. The van der Waals surface area contributed by atoms with E-state index in [1.54, 1.807) is 22.9 Å². The van der Waals surface area contributed by atoms with Crippen LogP contribution < -0.4 is 5.73 Å².